The summed E-state index contributed by atoms with van der Waals surface area (Å²) in [6, 6.07) is 9.24. The number of hydrogen-bond donors (Lipinski definition) is 1. The third-order valence-electron chi connectivity index (χ3n) is 4.65. The molecule has 2 heterocycles. The number of para-hydroxylation sites is 1. The minimum Gasteiger partial charge on any atom is -0.493 e. The number of piperidine rings is 1. The number of nitrogens with two attached hydrogens (primary N) is 1. The average molecular weight is 276 g/mol. The Kier molecular flexibility index (Phi) is 4.24. The van der Waals surface area contributed by atoms with E-state index in [1.807, 2.05) is 6.07 Å². The minimum absolute atomic E-state index is 0.356. The van der Waals surface area contributed by atoms with Crippen LogP contribution in [0.4, 0.5) is 0 Å². The summed E-state index contributed by atoms with van der Waals surface area (Å²) in [7, 11) is 1.80. The highest BCUT2D eigenvalue weighted by molar-refractivity contribution is 5.37. The number of methoxy groups -OCH3 is 1. The summed E-state index contributed by atoms with van der Waals surface area (Å²) in [4.78, 5) is 2.57. The van der Waals surface area contributed by atoms with Crippen molar-refractivity contribution in [2.75, 3.05) is 26.8 Å². The van der Waals surface area contributed by atoms with E-state index in [9.17, 15) is 0 Å². The molecule has 0 spiro atoms. The summed E-state index contributed by atoms with van der Waals surface area (Å²) < 4.78 is 11.3. The third kappa shape index (κ3) is 2.55. The van der Waals surface area contributed by atoms with Gasteiger partial charge in [0.05, 0.1) is 12.7 Å². The van der Waals surface area contributed by atoms with Crippen LogP contribution in [0.2, 0.25) is 0 Å². The molecular weight excluding hydrogens is 252 g/mol. The largest absolute Gasteiger partial charge is 0.493 e. The van der Waals surface area contributed by atoms with Crippen molar-refractivity contribution in [1.29, 1.82) is 0 Å². The van der Waals surface area contributed by atoms with Crippen LogP contribution in [0.15, 0.2) is 24.3 Å². The van der Waals surface area contributed by atoms with Gasteiger partial charge in [0, 0.05) is 44.3 Å². The molecule has 2 aliphatic rings. The zero-order valence-electron chi connectivity index (χ0n) is 12.1. The lowest BCUT2D eigenvalue weighted by molar-refractivity contribution is -0.0120. The van der Waals surface area contributed by atoms with E-state index < -0.39 is 0 Å². The first-order valence-electron chi connectivity index (χ1n) is 7.53. The van der Waals surface area contributed by atoms with Crippen LogP contribution < -0.4 is 10.5 Å². The van der Waals surface area contributed by atoms with Gasteiger partial charge in [-0.05, 0) is 18.9 Å². The normalized spacial score (nSPS) is 30.6. The maximum absolute atomic E-state index is 6.01. The maximum Gasteiger partial charge on any atom is 0.124 e. The Morgan fingerprint density at radius 3 is 3.00 bits per heavy atom. The van der Waals surface area contributed by atoms with Crippen molar-refractivity contribution < 1.29 is 9.47 Å². The molecule has 0 saturated carbocycles. The van der Waals surface area contributed by atoms with Crippen LogP contribution in [0.1, 0.15) is 30.9 Å². The molecular formula is C16H24N2O2. The number of nitrogens with zero attached hydrogens (tertiary/aromatic N) is 1. The molecule has 1 aromatic rings. The molecule has 0 aliphatic carbocycles. The Hall–Kier alpha value is -1.10. The van der Waals surface area contributed by atoms with Gasteiger partial charge in [-0.3, -0.25) is 4.90 Å². The van der Waals surface area contributed by atoms with Gasteiger partial charge in [0.25, 0.3) is 0 Å². The highest BCUT2D eigenvalue weighted by atomic mass is 16.5. The van der Waals surface area contributed by atoms with Crippen molar-refractivity contribution in [3.63, 3.8) is 0 Å². The fourth-order valence-corrected chi connectivity index (χ4v) is 3.56. The first-order valence-corrected chi connectivity index (χ1v) is 7.53. The molecule has 2 aliphatic heterocycles. The molecule has 3 unspecified atom stereocenters. The van der Waals surface area contributed by atoms with Crippen molar-refractivity contribution in [1.82, 2.24) is 4.90 Å². The summed E-state index contributed by atoms with van der Waals surface area (Å²) in [5, 5.41) is 0. The maximum atomic E-state index is 6.01. The minimum atomic E-state index is 0.356. The first kappa shape index (κ1) is 13.9. The van der Waals surface area contributed by atoms with Crippen LogP contribution in [0.3, 0.4) is 0 Å². The Morgan fingerprint density at radius 2 is 2.20 bits per heavy atom. The Labute approximate surface area is 120 Å². The Bertz CT molecular complexity index is 452. The molecule has 0 amide bonds. The van der Waals surface area contributed by atoms with Gasteiger partial charge in [-0.15, -0.1) is 0 Å². The van der Waals surface area contributed by atoms with Gasteiger partial charge in [0.15, 0.2) is 0 Å². The van der Waals surface area contributed by atoms with Crippen LogP contribution in [-0.2, 0) is 4.74 Å². The standard InChI is InChI=1S/C16H24N2O2/c1-19-13-6-8-18(12(10-13)11-17)15-7-9-20-16-5-3-2-4-14(15)16/h2-5,12-13,15H,6-11,17H2,1H3. The number of likely N-dealkylation sites (tertiary alicyclic amines) is 1. The van der Waals surface area contributed by atoms with E-state index >= 15 is 0 Å². The average Bonchev–Trinajstić information content (AvgIpc) is 2.53. The van der Waals surface area contributed by atoms with E-state index in [-0.39, 0.29) is 0 Å². The molecule has 0 radical (unpaired) electrons. The molecule has 1 fully saturated rings. The van der Waals surface area contributed by atoms with Gasteiger partial charge in [0.1, 0.15) is 5.75 Å². The lowest BCUT2D eigenvalue weighted by Gasteiger charge is -2.44. The lowest BCUT2D eigenvalue weighted by Crippen LogP contribution is -2.50. The van der Waals surface area contributed by atoms with Gasteiger partial charge >= 0.3 is 0 Å². The molecule has 110 valence electrons. The predicted octanol–water partition coefficient (Wildman–Crippen LogP) is 1.95. The van der Waals surface area contributed by atoms with Crippen LogP contribution in [-0.4, -0.2) is 43.9 Å². The molecule has 1 saturated heterocycles. The zero-order valence-corrected chi connectivity index (χ0v) is 12.1. The van der Waals surface area contributed by atoms with Crippen molar-refractivity contribution in [3.8, 4) is 5.75 Å². The van der Waals surface area contributed by atoms with Crippen molar-refractivity contribution in [2.45, 2.75) is 37.5 Å². The highest BCUT2D eigenvalue weighted by Gasteiger charge is 2.35. The number of fused-ring (bicyclic) bond motifs is 1. The third-order valence-corrected chi connectivity index (χ3v) is 4.65. The second kappa shape index (κ2) is 6.12. The van der Waals surface area contributed by atoms with Gasteiger partial charge in [0.2, 0.25) is 0 Å². The quantitative estimate of drug-likeness (QED) is 0.916. The van der Waals surface area contributed by atoms with E-state index in [2.05, 4.69) is 23.1 Å². The predicted molar refractivity (Wildman–Crippen MR) is 78.9 cm³/mol. The van der Waals surface area contributed by atoms with Crippen LogP contribution in [0, 0.1) is 0 Å². The van der Waals surface area contributed by atoms with Gasteiger partial charge < -0.3 is 15.2 Å². The van der Waals surface area contributed by atoms with Gasteiger partial charge in [-0.2, -0.15) is 0 Å². The van der Waals surface area contributed by atoms with Crippen LogP contribution in [0.5, 0.6) is 5.75 Å². The van der Waals surface area contributed by atoms with Crippen molar-refractivity contribution in [3.05, 3.63) is 29.8 Å². The first-order chi connectivity index (χ1) is 9.83. The number of hydrogen-bond acceptors (Lipinski definition) is 4. The molecule has 0 bridgehead atoms. The summed E-state index contributed by atoms with van der Waals surface area (Å²) in [5.74, 6) is 1.04. The summed E-state index contributed by atoms with van der Waals surface area (Å²) in [6.07, 6.45) is 3.53. The molecule has 1 aromatic carbocycles. The second-order valence-electron chi connectivity index (χ2n) is 5.70. The van der Waals surface area contributed by atoms with E-state index in [0.29, 0.717) is 24.7 Å². The molecule has 3 atom stereocenters. The van der Waals surface area contributed by atoms with E-state index in [0.717, 1.165) is 38.2 Å². The summed E-state index contributed by atoms with van der Waals surface area (Å²) in [5.41, 5.74) is 7.32. The van der Waals surface area contributed by atoms with Crippen molar-refractivity contribution >= 4 is 0 Å². The molecule has 2 N–H and O–H groups in total. The Balaban J connectivity index is 1.82. The second-order valence-corrected chi connectivity index (χ2v) is 5.70. The molecule has 3 rings (SSSR count). The van der Waals surface area contributed by atoms with Crippen LogP contribution in [0.25, 0.3) is 0 Å². The molecule has 4 nitrogen and oxygen atoms in total. The molecule has 4 heteroatoms. The van der Waals surface area contributed by atoms with Gasteiger partial charge in [-0.1, -0.05) is 18.2 Å². The highest BCUT2D eigenvalue weighted by Crippen LogP contribution is 2.38. The van der Waals surface area contributed by atoms with Crippen molar-refractivity contribution in [2.24, 2.45) is 5.73 Å². The molecule has 20 heavy (non-hydrogen) atoms. The monoisotopic (exact) mass is 276 g/mol. The number of rotatable bonds is 3. The molecule has 0 aromatic heterocycles. The zero-order chi connectivity index (χ0) is 13.9. The smallest absolute Gasteiger partial charge is 0.124 e. The summed E-state index contributed by atoms with van der Waals surface area (Å²) >= 11 is 0. The Morgan fingerprint density at radius 1 is 1.35 bits per heavy atom. The number of benzene rings is 1. The number of ether oxygens (including phenoxy) is 2. The fourth-order valence-electron chi connectivity index (χ4n) is 3.56. The lowest BCUT2D eigenvalue weighted by atomic mass is 9.92. The van der Waals surface area contributed by atoms with E-state index in [1.165, 1.54) is 5.56 Å². The summed E-state index contributed by atoms with van der Waals surface area (Å²) in [6.45, 7) is 2.54. The van der Waals surface area contributed by atoms with E-state index in [1.54, 1.807) is 7.11 Å². The SMILES string of the molecule is COC1CCN(C2CCOc3ccccc32)C(CN)C1. The fraction of sp³-hybridized carbons (Fsp3) is 0.625. The van der Waals surface area contributed by atoms with E-state index in [4.69, 9.17) is 15.2 Å². The topological polar surface area (TPSA) is 47.7 Å². The van der Waals surface area contributed by atoms with Crippen LogP contribution >= 0.6 is 0 Å². The van der Waals surface area contributed by atoms with Gasteiger partial charge in [-0.25, -0.2) is 0 Å².